The Balaban J connectivity index is 0.000000547. The minimum atomic E-state index is -1.26. The number of carboxylic acid groups (broad SMARTS) is 2. The highest BCUT2D eigenvalue weighted by atomic mass is 32.1. The van der Waals surface area contributed by atoms with Crippen LogP contribution in [0, 0.1) is 0 Å². The van der Waals surface area contributed by atoms with E-state index in [0.717, 1.165) is 6.54 Å². The molecule has 2 amide bonds. The predicted octanol–water partition coefficient (Wildman–Crippen LogP) is 1.41. The van der Waals surface area contributed by atoms with E-state index in [4.69, 9.17) is 14.9 Å². The van der Waals surface area contributed by atoms with Gasteiger partial charge < -0.3 is 25.2 Å². The number of carbonyl (C=O) groups is 4. The van der Waals surface area contributed by atoms with Gasteiger partial charge in [0.15, 0.2) is 5.13 Å². The molecule has 12 heteroatoms. The molecule has 0 spiro atoms. The van der Waals surface area contributed by atoms with Gasteiger partial charge in [0.05, 0.1) is 12.7 Å². The van der Waals surface area contributed by atoms with Gasteiger partial charge in [0.1, 0.15) is 11.4 Å². The fourth-order valence-corrected chi connectivity index (χ4v) is 2.74. The number of carboxylic acids is 2. The van der Waals surface area contributed by atoms with Gasteiger partial charge in [-0.1, -0.05) is 12.1 Å². The zero-order valence-electron chi connectivity index (χ0n) is 17.7. The molecular formula is C20H24N4O7S. The second-order valence-corrected chi connectivity index (χ2v) is 7.12. The van der Waals surface area contributed by atoms with E-state index in [1.807, 2.05) is 19.0 Å². The Morgan fingerprint density at radius 1 is 1.09 bits per heavy atom. The number of aromatic nitrogens is 1. The van der Waals surface area contributed by atoms with Gasteiger partial charge in [-0.05, 0) is 26.2 Å². The Bertz CT molecular complexity index is 956. The van der Waals surface area contributed by atoms with Crippen LogP contribution in [0.4, 0.5) is 5.13 Å². The number of hydrogen-bond acceptors (Lipinski definition) is 8. The molecule has 32 heavy (non-hydrogen) atoms. The first-order chi connectivity index (χ1) is 15.1. The molecule has 1 aromatic heterocycles. The van der Waals surface area contributed by atoms with Crippen molar-refractivity contribution in [3.8, 4) is 5.75 Å². The van der Waals surface area contributed by atoms with Crippen molar-refractivity contribution >= 4 is 40.2 Å². The first kappa shape index (κ1) is 26.3. The van der Waals surface area contributed by atoms with Crippen LogP contribution in [0.3, 0.4) is 0 Å². The molecule has 2 rings (SSSR count). The summed E-state index contributed by atoms with van der Waals surface area (Å²) in [4.78, 5) is 49.5. The van der Waals surface area contributed by atoms with Crippen LogP contribution in [-0.2, 0) is 9.59 Å². The van der Waals surface area contributed by atoms with Crippen LogP contribution in [0.2, 0.25) is 0 Å². The quantitative estimate of drug-likeness (QED) is 0.403. The number of amides is 2. The van der Waals surface area contributed by atoms with Gasteiger partial charge in [0.25, 0.3) is 11.8 Å². The predicted molar refractivity (Wildman–Crippen MR) is 118 cm³/mol. The summed E-state index contributed by atoms with van der Waals surface area (Å²) in [6.07, 6.45) is 1.12. The molecule has 0 saturated carbocycles. The lowest BCUT2D eigenvalue weighted by atomic mass is 10.2. The summed E-state index contributed by atoms with van der Waals surface area (Å²) in [5, 5.41) is 23.1. The van der Waals surface area contributed by atoms with Gasteiger partial charge in [-0.3, -0.25) is 14.9 Å². The third-order valence-electron chi connectivity index (χ3n) is 3.52. The first-order valence-corrected chi connectivity index (χ1v) is 9.98. The first-order valence-electron chi connectivity index (χ1n) is 9.10. The lowest BCUT2D eigenvalue weighted by molar-refractivity contribution is -0.134. The van der Waals surface area contributed by atoms with Crippen LogP contribution in [0.1, 0.15) is 20.8 Å². The topological polar surface area (TPSA) is 158 Å². The third-order valence-corrected chi connectivity index (χ3v) is 4.28. The monoisotopic (exact) mass is 464 g/mol. The minimum absolute atomic E-state index is 0.258. The Morgan fingerprint density at radius 2 is 1.72 bits per heavy atom. The van der Waals surface area contributed by atoms with Crippen LogP contribution in [-0.4, -0.2) is 78.1 Å². The minimum Gasteiger partial charge on any atom is -0.496 e. The van der Waals surface area contributed by atoms with Crippen molar-refractivity contribution < 1.29 is 34.1 Å². The standard InChI is InChI=1S/C16H20N4O3S.C4H4O4/c1-20(2)9-8-17-15(22)12-10-24-16(18-12)19-14(21)11-6-4-5-7-13(11)23-3;5-3(6)1-2-4(7)8/h4-7,10H,8-9H2,1-3H3,(H,17,22)(H,18,19,21);1-2H,(H,5,6)(H,7,8)/b;2-1-. The van der Waals surface area contributed by atoms with Crippen LogP contribution in [0.25, 0.3) is 0 Å². The Kier molecular flexibility index (Phi) is 11.1. The smallest absolute Gasteiger partial charge is 0.328 e. The molecule has 0 radical (unpaired) electrons. The Labute approximate surface area is 188 Å². The molecule has 0 atom stereocenters. The summed E-state index contributed by atoms with van der Waals surface area (Å²) in [5.41, 5.74) is 0.696. The maximum absolute atomic E-state index is 12.3. The Morgan fingerprint density at radius 3 is 2.28 bits per heavy atom. The molecule has 4 N–H and O–H groups in total. The van der Waals surface area contributed by atoms with E-state index in [9.17, 15) is 19.2 Å². The Hall–Kier alpha value is -3.77. The number of aliphatic carboxylic acids is 2. The molecule has 172 valence electrons. The normalized spacial score (nSPS) is 10.2. The fourth-order valence-electron chi connectivity index (χ4n) is 2.06. The molecule has 0 aliphatic rings. The highest BCUT2D eigenvalue weighted by Crippen LogP contribution is 2.21. The van der Waals surface area contributed by atoms with Crippen molar-refractivity contribution in [2.24, 2.45) is 0 Å². The van der Waals surface area contributed by atoms with E-state index >= 15 is 0 Å². The van der Waals surface area contributed by atoms with E-state index in [1.165, 1.54) is 18.4 Å². The number of benzene rings is 1. The average Bonchev–Trinajstić information content (AvgIpc) is 3.21. The van der Waals surface area contributed by atoms with E-state index in [2.05, 4.69) is 15.6 Å². The van der Waals surface area contributed by atoms with Gasteiger partial charge >= 0.3 is 11.9 Å². The number of nitrogens with one attached hydrogen (secondary N) is 2. The highest BCUT2D eigenvalue weighted by Gasteiger charge is 2.15. The molecule has 0 bridgehead atoms. The molecule has 0 fully saturated rings. The second kappa shape index (κ2) is 13.5. The highest BCUT2D eigenvalue weighted by molar-refractivity contribution is 7.14. The van der Waals surface area contributed by atoms with Gasteiger partial charge in [-0.15, -0.1) is 11.3 Å². The molecule has 2 aromatic rings. The van der Waals surface area contributed by atoms with Crippen LogP contribution in [0.5, 0.6) is 5.75 Å². The molecule has 0 aliphatic carbocycles. The molecular weight excluding hydrogens is 440 g/mol. The second-order valence-electron chi connectivity index (χ2n) is 6.26. The SMILES string of the molecule is COc1ccccc1C(=O)Nc1nc(C(=O)NCCN(C)C)cs1.O=C(O)/C=C\C(=O)O. The van der Waals surface area contributed by atoms with Crippen molar-refractivity contribution in [3.63, 3.8) is 0 Å². The van der Waals surface area contributed by atoms with Crippen molar-refractivity contribution in [2.45, 2.75) is 0 Å². The van der Waals surface area contributed by atoms with E-state index in [1.54, 1.807) is 29.6 Å². The summed E-state index contributed by atoms with van der Waals surface area (Å²) in [7, 11) is 5.37. The van der Waals surface area contributed by atoms with Crippen molar-refractivity contribution in [3.05, 3.63) is 53.1 Å². The van der Waals surface area contributed by atoms with Gasteiger partial charge in [0, 0.05) is 30.6 Å². The summed E-state index contributed by atoms with van der Waals surface area (Å²) in [6.45, 7) is 1.28. The average molecular weight is 465 g/mol. The molecule has 0 unspecified atom stereocenters. The van der Waals surface area contributed by atoms with E-state index in [-0.39, 0.29) is 17.5 Å². The zero-order chi connectivity index (χ0) is 24.1. The number of para-hydroxylation sites is 1. The lowest BCUT2D eigenvalue weighted by Crippen LogP contribution is -2.31. The van der Waals surface area contributed by atoms with Gasteiger partial charge in [-0.2, -0.15) is 0 Å². The summed E-state index contributed by atoms with van der Waals surface area (Å²) >= 11 is 1.20. The van der Waals surface area contributed by atoms with Crippen LogP contribution in [0.15, 0.2) is 41.8 Å². The number of likely N-dealkylation sites (N-methyl/N-ethyl adjacent to an activating group) is 1. The number of anilines is 1. The van der Waals surface area contributed by atoms with Crippen molar-refractivity contribution in [1.29, 1.82) is 0 Å². The third kappa shape index (κ3) is 9.82. The molecule has 0 saturated heterocycles. The largest absolute Gasteiger partial charge is 0.496 e. The molecule has 1 heterocycles. The number of hydrogen-bond donors (Lipinski definition) is 4. The van der Waals surface area contributed by atoms with Crippen molar-refractivity contribution in [2.75, 3.05) is 39.6 Å². The molecule has 11 nitrogen and oxygen atoms in total. The van der Waals surface area contributed by atoms with E-state index in [0.29, 0.717) is 35.1 Å². The maximum atomic E-state index is 12.3. The fraction of sp³-hybridized carbons (Fsp3) is 0.250. The van der Waals surface area contributed by atoms with Crippen LogP contribution >= 0.6 is 11.3 Å². The van der Waals surface area contributed by atoms with Crippen LogP contribution < -0.4 is 15.4 Å². The zero-order valence-corrected chi connectivity index (χ0v) is 18.5. The summed E-state index contributed by atoms with van der Waals surface area (Å²) in [5.74, 6) is -2.62. The molecule has 1 aromatic carbocycles. The summed E-state index contributed by atoms with van der Waals surface area (Å²) < 4.78 is 5.17. The molecule has 0 aliphatic heterocycles. The number of thiazole rings is 1. The summed E-state index contributed by atoms with van der Waals surface area (Å²) in [6, 6.07) is 6.91. The number of ether oxygens (including phenoxy) is 1. The van der Waals surface area contributed by atoms with Gasteiger partial charge in [-0.25, -0.2) is 14.6 Å². The van der Waals surface area contributed by atoms with E-state index < -0.39 is 11.9 Å². The van der Waals surface area contributed by atoms with Gasteiger partial charge in [0.2, 0.25) is 0 Å². The maximum Gasteiger partial charge on any atom is 0.328 e. The number of methoxy groups -OCH3 is 1. The lowest BCUT2D eigenvalue weighted by Gasteiger charge is -2.09. The number of carbonyl (C=O) groups excluding carboxylic acids is 2. The number of rotatable bonds is 9. The van der Waals surface area contributed by atoms with Crippen molar-refractivity contribution in [1.82, 2.24) is 15.2 Å². The number of nitrogens with zero attached hydrogens (tertiary/aromatic N) is 2.